The molecule has 1 aliphatic rings. The molecule has 122 valence electrons. The van der Waals surface area contributed by atoms with E-state index in [4.69, 9.17) is 9.97 Å². The molecule has 0 aliphatic carbocycles. The predicted octanol–water partition coefficient (Wildman–Crippen LogP) is 4.59. The molecule has 4 heteroatoms. The molecule has 1 fully saturated rings. The Labute approximate surface area is 142 Å². The molecule has 0 saturated carbocycles. The van der Waals surface area contributed by atoms with Gasteiger partial charge in [0, 0.05) is 24.2 Å². The molecule has 1 saturated heterocycles. The van der Waals surface area contributed by atoms with E-state index in [1.165, 1.54) is 24.0 Å². The Morgan fingerprint density at radius 2 is 1.71 bits per heavy atom. The highest BCUT2D eigenvalue weighted by atomic mass is 15.2. The number of benzene rings is 2. The number of rotatable bonds is 3. The summed E-state index contributed by atoms with van der Waals surface area (Å²) in [5.74, 6) is 1.71. The van der Waals surface area contributed by atoms with Crippen LogP contribution in [0, 0.1) is 13.8 Å². The number of fused-ring (bicyclic) bond motifs is 1. The second-order valence-corrected chi connectivity index (χ2v) is 6.51. The van der Waals surface area contributed by atoms with Gasteiger partial charge in [-0.15, -0.1) is 0 Å². The monoisotopic (exact) mass is 318 g/mol. The number of anilines is 3. The molecule has 0 radical (unpaired) electrons. The largest absolute Gasteiger partial charge is 0.356 e. The van der Waals surface area contributed by atoms with Gasteiger partial charge >= 0.3 is 0 Å². The molecule has 0 amide bonds. The van der Waals surface area contributed by atoms with Gasteiger partial charge in [-0.05, 0) is 62.1 Å². The van der Waals surface area contributed by atoms with Gasteiger partial charge in [0.05, 0.1) is 5.52 Å². The number of para-hydroxylation sites is 1. The Hall–Kier alpha value is -2.62. The first-order valence-corrected chi connectivity index (χ1v) is 8.57. The Morgan fingerprint density at radius 1 is 0.917 bits per heavy atom. The maximum Gasteiger partial charge on any atom is 0.229 e. The van der Waals surface area contributed by atoms with Gasteiger partial charge < -0.3 is 10.2 Å². The van der Waals surface area contributed by atoms with Crippen LogP contribution in [-0.4, -0.2) is 23.1 Å². The standard InChI is InChI=1S/C20H22N4/c1-14-9-10-16(13-15(14)2)21-20-22-18-8-4-3-7-17(18)19(23-20)24-11-5-6-12-24/h3-4,7-10,13H,5-6,11-12H2,1-2H3,(H,21,22,23). The zero-order valence-electron chi connectivity index (χ0n) is 14.2. The van der Waals surface area contributed by atoms with Crippen molar-refractivity contribution in [3.05, 3.63) is 53.6 Å². The summed E-state index contributed by atoms with van der Waals surface area (Å²) in [5, 5.41) is 4.51. The first kappa shape index (κ1) is 14.9. The van der Waals surface area contributed by atoms with Crippen LogP contribution < -0.4 is 10.2 Å². The Kier molecular flexibility index (Phi) is 3.81. The van der Waals surface area contributed by atoms with Crippen LogP contribution in [0.5, 0.6) is 0 Å². The molecule has 2 heterocycles. The highest BCUT2D eigenvalue weighted by molar-refractivity contribution is 5.90. The van der Waals surface area contributed by atoms with E-state index in [-0.39, 0.29) is 0 Å². The topological polar surface area (TPSA) is 41.1 Å². The number of aromatic nitrogens is 2. The van der Waals surface area contributed by atoms with Gasteiger partial charge in [0.1, 0.15) is 5.82 Å². The Morgan fingerprint density at radius 3 is 2.50 bits per heavy atom. The van der Waals surface area contributed by atoms with Gasteiger partial charge in [-0.1, -0.05) is 18.2 Å². The molecule has 4 nitrogen and oxygen atoms in total. The highest BCUT2D eigenvalue weighted by Gasteiger charge is 2.18. The van der Waals surface area contributed by atoms with E-state index in [9.17, 15) is 0 Å². The lowest BCUT2D eigenvalue weighted by atomic mass is 10.1. The molecule has 0 unspecified atom stereocenters. The summed E-state index contributed by atoms with van der Waals surface area (Å²) in [4.78, 5) is 11.9. The average molecular weight is 318 g/mol. The fourth-order valence-corrected chi connectivity index (χ4v) is 3.23. The number of nitrogens with zero attached hydrogens (tertiary/aromatic N) is 3. The summed E-state index contributed by atoms with van der Waals surface area (Å²) in [7, 11) is 0. The molecular weight excluding hydrogens is 296 g/mol. The summed E-state index contributed by atoms with van der Waals surface area (Å²) in [6.45, 7) is 6.39. The molecule has 1 aliphatic heterocycles. The van der Waals surface area contributed by atoms with Crippen LogP contribution in [0.1, 0.15) is 24.0 Å². The minimum Gasteiger partial charge on any atom is -0.356 e. The lowest BCUT2D eigenvalue weighted by Gasteiger charge is -2.19. The van der Waals surface area contributed by atoms with Crippen molar-refractivity contribution in [2.45, 2.75) is 26.7 Å². The SMILES string of the molecule is Cc1ccc(Nc2nc(N3CCCC3)c3ccccc3n2)cc1C. The summed E-state index contributed by atoms with van der Waals surface area (Å²) in [6, 6.07) is 14.6. The zero-order valence-corrected chi connectivity index (χ0v) is 14.2. The van der Waals surface area contributed by atoms with E-state index in [1.807, 2.05) is 6.07 Å². The van der Waals surface area contributed by atoms with E-state index in [2.05, 4.69) is 60.5 Å². The van der Waals surface area contributed by atoms with Crippen LogP contribution in [0.2, 0.25) is 0 Å². The molecule has 4 rings (SSSR count). The number of nitrogens with one attached hydrogen (secondary N) is 1. The minimum absolute atomic E-state index is 0.666. The van der Waals surface area contributed by atoms with E-state index in [1.54, 1.807) is 0 Å². The molecule has 1 N–H and O–H groups in total. The van der Waals surface area contributed by atoms with E-state index >= 15 is 0 Å². The van der Waals surface area contributed by atoms with Crippen molar-refractivity contribution in [3.63, 3.8) is 0 Å². The first-order chi connectivity index (χ1) is 11.7. The second kappa shape index (κ2) is 6.11. The van der Waals surface area contributed by atoms with E-state index in [0.717, 1.165) is 35.5 Å². The summed E-state index contributed by atoms with van der Waals surface area (Å²) < 4.78 is 0. The Balaban J connectivity index is 1.76. The van der Waals surface area contributed by atoms with Gasteiger partial charge in [0.25, 0.3) is 0 Å². The van der Waals surface area contributed by atoms with E-state index in [0.29, 0.717) is 5.95 Å². The number of hydrogen-bond acceptors (Lipinski definition) is 4. The lowest BCUT2D eigenvalue weighted by molar-refractivity contribution is 0.941. The van der Waals surface area contributed by atoms with E-state index < -0.39 is 0 Å². The van der Waals surface area contributed by atoms with Crippen molar-refractivity contribution >= 4 is 28.4 Å². The zero-order chi connectivity index (χ0) is 16.5. The summed E-state index contributed by atoms with van der Waals surface area (Å²) in [5.41, 5.74) is 4.57. The smallest absolute Gasteiger partial charge is 0.229 e. The maximum atomic E-state index is 4.83. The quantitative estimate of drug-likeness (QED) is 0.767. The van der Waals surface area contributed by atoms with Gasteiger partial charge in [-0.2, -0.15) is 4.98 Å². The maximum absolute atomic E-state index is 4.83. The van der Waals surface area contributed by atoms with Crippen molar-refractivity contribution in [2.24, 2.45) is 0 Å². The first-order valence-electron chi connectivity index (χ1n) is 8.57. The highest BCUT2D eigenvalue weighted by Crippen LogP contribution is 2.29. The van der Waals surface area contributed by atoms with Gasteiger partial charge in [-0.3, -0.25) is 0 Å². The van der Waals surface area contributed by atoms with Gasteiger partial charge in [-0.25, -0.2) is 4.98 Å². The third-order valence-electron chi connectivity index (χ3n) is 4.75. The predicted molar refractivity (Wildman–Crippen MR) is 100 cm³/mol. The third kappa shape index (κ3) is 2.80. The molecule has 0 spiro atoms. The molecule has 0 atom stereocenters. The van der Waals surface area contributed by atoms with Crippen LogP contribution in [0.3, 0.4) is 0 Å². The summed E-state index contributed by atoms with van der Waals surface area (Å²) >= 11 is 0. The van der Waals surface area contributed by atoms with Crippen LogP contribution >= 0.6 is 0 Å². The van der Waals surface area contributed by atoms with Gasteiger partial charge in [0.15, 0.2) is 0 Å². The van der Waals surface area contributed by atoms with Crippen molar-refractivity contribution < 1.29 is 0 Å². The molecule has 0 bridgehead atoms. The van der Waals surface area contributed by atoms with Crippen molar-refractivity contribution in [1.82, 2.24) is 9.97 Å². The van der Waals surface area contributed by atoms with Crippen LogP contribution in [0.25, 0.3) is 10.9 Å². The van der Waals surface area contributed by atoms with Crippen molar-refractivity contribution in [3.8, 4) is 0 Å². The molecule has 3 aromatic rings. The number of aryl methyl sites for hydroxylation is 2. The minimum atomic E-state index is 0.666. The Bertz CT molecular complexity index is 882. The summed E-state index contributed by atoms with van der Waals surface area (Å²) in [6.07, 6.45) is 2.47. The molecule has 24 heavy (non-hydrogen) atoms. The lowest BCUT2D eigenvalue weighted by Crippen LogP contribution is -2.20. The van der Waals surface area contributed by atoms with Crippen molar-refractivity contribution in [2.75, 3.05) is 23.3 Å². The molecule has 2 aromatic carbocycles. The van der Waals surface area contributed by atoms with Crippen LogP contribution in [0.15, 0.2) is 42.5 Å². The third-order valence-corrected chi connectivity index (χ3v) is 4.75. The van der Waals surface area contributed by atoms with Gasteiger partial charge in [0.2, 0.25) is 5.95 Å². The normalized spacial score (nSPS) is 14.3. The fraction of sp³-hybridized carbons (Fsp3) is 0.300. The molecule has 1 aromatic heterocycles. The fourth-order valence-electron chi connectivity index (χ4n) is 3.23. The second-order valence-electron chi connectivity index (χ2n) is 6.51. The van der Waals surface area contributed by atoms with Crippen LogP contribution in [0.4, 0.5) is 17.5 Å². The molecular formula is C20H22N4. The van der Waals surface area contributed by atoms with Crippen molar-refractivity contribution in [1.29, 1.82) is 0 Å². The van der Waals surface area contributed by atoms with Crippen LogP contribution in [-0.2, 0) is 0 Å². The average Bonchev–Trinajstić information content (AvgIpc) is 3.12. The number of hydrogen-bond donors (Lipinski definition) is 1.